The van der Waals surface area contributed by atoms with Gasteiger partial charge in [-0.1, -0.05) is 39.2 Å². The van der Waals surface area contributed by atoms with Gasteiger partial charge in [0.1, 0.15) is 0 Å². The van der Waals surface area contributed by atoms with Gasteiger partial charge >= 0.3 is 0 Å². The molecule has 0 spiro atoms. The minimum Gasteiger partial charge on any atom is -0.293 e. The Bertz CT molecular complexity index is 346. The van der Waals surface area contributed by atoms with Gasteiger partial charge in [0.2, 0.25) is 0 Å². The van der Waals surface area contributed by atoms with Gasteiger partial charge in [0, 0.05) is 10.8 Å². The van der Waals surface area contributed by atoms with E-state index in [1.165, 1.54) is 11.3 Å². The average molecular weight is 206 g/mol. The molecule has 0 aliphatic heterocycles. The van der Waals surface area contributed by atoms with Crippen LogP contribution in [-0.2, 0) is 0 Å². The molecule has 1 heterocycles. The third-order valence-electron chi connectivity index (χ3n) is 1.96. The quantitative estimate of drug-likeness (QED) is 0.683. The molecule has 0 bridgehead atoms. The molecular formula is C12H14OS. The van der Waals surface area contributed by atoms with E-state index in [9.17, 15) is 4.79 Å². The number of Topliss-reactive ketones (excluding diaryl/α,β-unsaturated/α-hetero) is 1. The van der Waals surface area contributed by atoms with E-state index in [1.54, 1.807) is 12.2 Å². The zero-order valence-electron chi connectivity index (χ0n) is 8.54. The first-order valence-electron chi connectivity index (χ1n) is 4.53. The van der Waals surface area contributed by atoms with Gasteiger partial charge in [0.15, 0.2) is 5.78 Å². The number of rotatable bonds is 4. The van der Waals surface area contributed by atoms with Crippen LogP contribution in [0.5, 0.6) is 0 Å². The average Bonchev–Trinajstić information content (AvgIpc) is 2.59. The molecule has 1 aromatic heterocycles. The van der Waals surface area contributed by atoms with Gasteiger partial charge < -0.3 is 0 Å². The Morgan fingerprint density at radius 2 is 2.07 bits per heavy atom. The smallest absolute Gasteiger partial charge is 0.175 e. The van der Waals surface area contributed by atoms with Crippen LogP contribution in [0.3, 0.4) is 0 Å². The minimum atomic E-state index is 0.0454. The van der Waals surface area contributed by atoms with E-state index < -0.39 is 0 Å². The molecule has 0 atom stereocenters. The van der Waals surface area contributed by atoms with Gasteiger partial charge in [-0.3, -0.25) is 4.79 Å². The highest BCUT2D eigenvalue weighted by molar-refractivity contribution is 7.15. The Labute approximate surface area is 88.8 Å². The maximum absolute atomic E-state index is 11.7. The van der Waals surface area contributed by atoms with E-state index in [4.69, 9.17) is 0 Å². The summed E-state index contributed by atoms with van der Waals surface area (Å²) in [6, 6.07) is 1.89. The van der Waals surface area contributed by atoms with Crippen LogP contribution in [-0.4, -0.2) is 5.78 Å². The van der Waals surface area contributed by atoms with E-state index in [1.807, 2.05) is 19.9 Å². The molecule has 74 valence electrons. The summed E-state index contributed by atoms with van der Waals surface area (Å²) in [5.41, 5.74) is 0.994. The van der Waals surface area contributed by atoms with Crippen molar-refractivity contribution in [3.05, 3.63) is 34.5 Å². The zero-order valence-corrected chi connectivity index (χ0v) is 9.36. The molecule has 0 aliphatic rings. The first kappa shape index (κ1) is 10.9. The first-order chi connectivity index (χ1) is 6.60. The summed E-state index contributed by atoms with van der Waals surface area (Å²) < 4.78 is 0. The van der Waals surface area contributed by atoms with Gasteiger partial charge in [0.05, 0.1) is 4.88 Å². The second-order valence-corrected chi connectivity index (χ2v) is 4.44. The summed E-state index contributed by atoms with van der Waals surface area (Å²) in [5, 5.41) is 0. The molecule has 0 aliphatic carbocycles. The lowest BCUT2D eigenvalue weighted by Gasteiger charge is -1.98. The summed E-state index contributed by atoms with van der Waals surface area (Å²) in [6.45, 7) is 11.2. The van der Waals surface area contributed by atoms with Gasteiger partial charge in [0.25, 0.3) is 0 Å². The van der Waals surface area contributed by atoms with Crippen LogP contribution in [0.2, 0.25) is 0 Å². The number of hydrogen-bond acceptors (Lipinski definition) is 2. The van der Waals surface area contributed by atoms with Crippen molar-refractivity contribution >= 4 is 29.3 Å². The SMILES string of the molecule is C=Cc1cc(C(=O)C(C)C)sc1C=C. The Kier molecular flexibility index (Phi) is 3.42. The number of carbonyl (C=O) groups excluding carboxylic acids is 1. The highest BCUT2D eigenvalue weighted by Crippen LogP contribution is 2.26. The molecule has 0 saturated heterocycles. The lowest BCUT2D eigenvalue weighted by Crippen LogP contribution is -2.04. The van der Waals surface area contributed by atoms with Crippen LogP contribution in [0.25, 0.3) is 12.2 Å². The molecule has 2 heteroatoms. The predicted molar refractivity (Wildman–Crippen MR) is 63.7 cm³/mol. The molecule has 0 radical (unpaired) electrons. The number of hydrogen-bond donors (Lipinski definition) is 0. The van der Waals surface area contributed by atoms with Gasteiger partial charge in [-0.2, -0.15) is 0 Å². The summed E-state index contributed by atoms with van der Waals surface area (Å²) in [6.07, 6.45) is 3.52. The van der Waals surface area contributed by atoms with Crippen molar-refractivity contribution in [2.75, 3.05) is 0 Å². The molecule has 0 unspecified atom stereocenters. The van der Waals surface area contributed by atoms with E-state index >= 15 is 0 Å². The van der Waals surface area contributed by atoms with Crippen LogP contribution < -0.4 is 0 Å². The first-order valence-corrected chi connectivity index (χ1v) is 5.34. The van der Waals surface area contributed by atoms with Gasteiger partial charge in [-0.25, -0.2) is 0 Å². The molecule has 0 amide bonds. The maximum Gasteiger partial charge on any atom is 0.175 e. The fourth-order valence-electron chi connectivity index (χ4n) is 1.14. The molecule has 0 aromatic carbocycles. The van der Waals surface area contributed by atoms with Crippen LogP contribution in [0.1, 0.15) is 34.0 Å². The van der Waals surface area contributed by atoms with E-state index in [0.717, 1.165) is 15.3 Å². The maximum atomic E-state index is 11.7. The Balaban J connectivity index is 3.12. The van der Waals surface area contributed by atoms with E-state index in [0.29, 0.717) is 0 Å². The fraction of sp³-hybridized carbons (Fsp3) is 0.250. The van der Waals surface area contributed by atoms with Crippen molar-refractivity contribution in [3.8, 4) is 0 Å². The summed E-state index contributed by atoms with van der Waals surface area (Å²) in [7, 11) is 0. The standard InChI is InChI=1S/C12H14OS/c1-5-9-7-11(12(13)8(3)4)14-10(9)6-2/h5-8H,1-2H2,3-4H3. The lowest BCUT2D eigenvalue weighted by molar-refractivity contribution is 0.0943. The fourth-order valence-corrected chi connectivity index (χ4v) is 2.25. The predicted octanol–water partition coefficient (Wildman–Crippen LogP) is 3.87. The molecule has 0 N–H and O–H groups in total. The lowest BCUT2D eigenvalue weighted by atomic mass is 10.1. The Morgan fingerprint density at radius 1 is 1.43 bits per heavy atom. The highest BCUT2D eigenvalue weighted by atomic mass is 32.1. The van der Waals surface area contributed by atoms with Crippen LogP contribution >= 0.6 is 11.3 Å². The van der Waals surface area contributed by atoms with Crippen molar-refractivity contribution < 1.29 is 4.79 Å². The molecule has 1 nitrogen and oxygen atoms in total. The van der Waals surface area contributed by atoms with Crippen LogP contribution in [0, 0.1) is 5.92 Å². The number of ketones is 1. The third kappa shape index (κ3) is 2.02. The van der Waals surface area contributed by atoms with E-state index in [2.05, 4.69) is 13.2 Å². The van der Waals surface area contributed by atoms with Gasteiger partial charge in [-0.15, -0.1) is 11.3 Å². The van der Waals surface area contributed by atoms with Gasteiger partial charge in [-0.05, 0) is 11.6 Å². The number of thiophene rings is 1. The van der Waals surface area contributed by atoms with Crippen molar-refractivity contribution in [3.63, 3.8) is 0 Å². The number of carbonyl (C=O) groups is 1. The second-order valence-electron chi connectivity index (χ2n) is 3.36. The summed E-state index contributed by atoms with van der Waals surface area (Å²) >= 11 is 1.48. The normalized spacial score (nSPS) is 10.2. The van der Waals surface area contributed by atoms with E-state index in [-0.39, 0.29) is 11.7 Å². The highest BCUT2D eigenvalue weighted by Gasteiger charge is 2.14. The summed E-state index contributed by atoms with van der Waals surface area (Å²) in [5.74, 6) is 0.232. The van der Waals surface area contributed by atoms with Crippen molar-refractivity contribution in [1.29, 1.82) is 0 Å². The molecule has 0 fully saturated rings. The largest absolute Gasteiger partial charge is 0.293 e. The topological polar surface area (TPSA) is 17.1 Å². The second kappa shape index (κ2) is 4.38. The van der Waals surface area contributed by atoms with Crippen molar-refractivity contribution in [1.82, 2.24) is 0 Å². The molecular weight excluding hydrogens is 192 g/mol. The zero-order chi connectivity index (χ0) is 10.7. The molecule has 1 aromatic rings. The monoisotopic (exact) mass is 206 g/mol. The van der Waals surface area contributed by atoms with Crippen LogP contribution in [0.15, 0.2) is 19.2 Å². The third-order valence-corrected chi connectivity index (χ3v) is 3.12. The van der Waals surface area contributed by atoms with Crippen molar-refractivity contribution in [2.24, 2.45) is 5.92 Å². The molecule has 0 saturated carbocycles. The molecule has 14 heavy (non-hydrogen) atoms. The minimum absolute atomic E-state index is 0.0454. The Hall–Kier alpha value is -1.15. The van der Waals surface area contributed by atoms with Crippen molar-refractivity contribution in [2.45, 2.75) is 13.8 Å². The van der Waals surface area contributed by atoms with Crippen LogP contribution in [0.4, 0.5) is 0 Å². The summed E-state index contributed by atoms with van der Waals surface area (Å²) in [4.78, 5) is 13.5. The Morgan fingerprint density at radius 3 is 2.43 bits per heavy atom. The molecule has 1 rings (SSSR count).